The van der Waals surface area contributed by atoms with Crippen molar-refractivity contribution in [2.75, 3.05) is 6.54 Å². The van der Waals surface area contributed by atoms with Crippen molar-refractivity contribution in [1.82, 2.24) is 20.5 Å². The fraction of sp³-hybridized carbons (Fsp3) is 0.500. The lowest BCUT2D eigenvalue weighted by atomic mass is 10.2. The fourth-order valence-corrected chi connectivity index (χ4v) is 2.67. The molecule has 2 N–H and O–H groups in total. The number of carbonyl (C=O) groups is 3. The lowest BCUT2D eigenvalue weighted by Gasteiger charge is -2.26. The van der Waals surface area contributed by atoms with E-state index in [2.05, 4.69) is 15.6 Å². The first kappa shape index (κ1) is 19.7. The molecule has 1 aromatic heterocycles. The lowest BCUT2D eigenvalue weighted by molar-refractivity contribution is -0.186. The third-order valence-electron chi connectivity index (χ3n) is 4.00. The maximum atomic E-state index is 12.6. The van der Waals surface area contributed by atoms with E-state index in [0.29, 0.717) is 11.3 Å². The first-order chi connectivity index (χ1) is 12.2. The van der Waals surface area contributed by atoms with Gasteiger partial charge >= 0.3 is 12.1 Å². The molecule has 7 nitrogen and oxygen atoms in total. The zero-order valence-electron chi connectivity index (χ0n) is 14.0. The van der Waals surface area contributed by atoms with Crippen LogP contribution in [0.1, 0.15) is 25.3 Å². The second-order valence-electron chi connectivity index (χ2n) is 5.96. The molecule has 1 saturated heterocycles. The average Bonchev–Trinajstić information content (AvgIpc) is 3.08. The van der Waals surface area contributed by atoms with Crippen LogP contribution in [0.15, 0.2) is 24.5 Å². The van der Waals surface area contributed by atoms with E-state index in [0.717, 1.165) is 5.56 Å². The largest absolute Gasteiger partial charge is 0.471 e. The van der Waals surface area contributed by atoms with Gasteiger partial charge in [0.2, 0.25) is 11.8 Å². The van der Waals surface area contributed by atoms with E-state index in [1.807, 2.05) is 0 Å². The third kappa shape index (κ3) is 4.93. The molecule has 1 unspecified atom stereocenters. The van der Waals surface area contributed by atoms with Crippen molar-refractivity contribution in [2.24, 2.45) is 0 Å². The van der Waals surface area contributed by atoms with Crippen molar-refractivity contribution in [3.8, 4) is 0 Å². The van der Waals surface area contributed by atoms with Gasteiger partial charge in [0, 0.05) is 25.5 Å². The SMILES string of the molecule is C[C@H](NC(=O)C1CCCN1C(=O)C(F)(F)F)C(=O)NCc1cccnc1. The Hall–Kier alpha value is -2.65. The van der Waals surface area contributed by atoms with Gasteiger partial charge in [0.15, 0.2) is 0 Å². The third-order valence-corrected chi connectivity index (χ3v) is 4.00. The van der Waals surface area contributed by atoms with Crippen LogP contribution in [0.5, 0.6) is 0 Å². The van der Waals surface area contributed by atoms with Crippen molar-refractivity contribution in [3.63, 3.8) is 0 Å². The highest BCUT2D eigenvalue weighted by Gasteiger charge is 2.47. The van der Waals surface area contributed by atoms with Crippen LogP contribution < -0.4 is 10.6 Å². The molecular weight excluding hydrogens is 353 g/mol. The summed E-state index contributed by atoms with van der Waals surface area (Å²) in [4.78, 5) is 40.1. The zero-order chi connectivity index (χ0) is 19.3. The molecule has 3 amide bonds. The molecule has 0 spiro atoms. The number of alkyl halides is 3. The van der Waals surface area contributed by atoms with Crippen molar-refractivity contribution in [1.29, 1.82) is 0 Å². The highest BCUT2D eigenvalue weighted by Crippen LogP contribution is 2.25. The number of likely N-dealkylation sites (tertiary alicyclic amines) is 1. The van der Waals surface area contributed by atoms with Gasteiger partial charge in [-0.15, -0.1) is 0 Å². The van der Waals surface area contributed by atoms with E-state index in [9.17, 15) is 27.6 Å². The Morgan fingerprint density at radius 3 is 2.73 bits per heavy atom. The average molecular weight is 372 g/mol. The molecule has 0 aromatic carbocycles. The Labute approximate surface area is 148 Å². The van der Waals surface area contributed by atoms with Crippen molar-refractivity contribution in [3.05, 3.63) is 30.1 Å². The molecule has 2 heterocycles. The maximum absolute atomic E-state index is 12.6. The minimum absolute atomic E-state index is 0.123. The lowest BCUT2D eigenvalue weighted by Crippen LogP contribution is -2.53. The molecule has 142 valence electrons. The molecule has 1 aliphatic heterocycles. The van der Waals surface area contributed by atoms with Crippen LogP contribution >= 0.6 is 0 Å². The topological polar surface area (TPSA) is 91.4 Å². The minimum Gasteiger partial charge on any atom is -0.350 e. The zero-order valence-corrected chi connectivity index (χ0v) is 14.0. The quantitative estimate of drug-likeness (QED) is 0.798. The van der Waals surface area contributed by atoms with E-state index in [4.69, 9.17) is 0 Å². The number of nitrogens with zero attached hydrogens (tertiary/aromatic N) is 2. The Morgan fingerprint density at radius 1 is 1.38 bits per heavy atom. The molecule has 10 heteroatoms. The number of halogens is 3. The molecule has 1 fully saturated rings. The smallest absolute Gasteiger partial charge is 0.350 e. The molecule has 1 aliphatic rings. The number of aromatic nitrogens is 1. The second kappa shape index (κ2) is 8.15. The molecule has 1 aromatic rings. The Balaban J connectivity index is 1.89. The van der Waals surface area contributed by atoms with Gasteiger partial charge in [0.05, 0.1) is 0 Å². The number of amides is 3. The second-order valence-corrected chi connectivity index (χ2v) is 5.96. The number of nitrogens with one attached hydrogen (secondary N) is 2. The molecule has 0 bridgehead atoms. The number of hydrogen-bond acceptors (Lipinski definition) is 4. The van der Waals surface area contributed by atoms with Gasteiger partial charge in [0.1, 0.15) is 12.1 Å². The fourth-order valence-electron chi connectivity index (χ4n) is 2.67. The Kier molecular flexibility index (Phi) is 6.17. The van der Waals surface area contributed by atoms with E-state index in [-0.39, 0.29) is 19.5 Å². The van der Waals surface area contributed by atoms with E-state index in [1.165, 1.54) is 6.92 Å². The van der Waals surface area contributed by atoms with Gasteiger partial charge in [-0.2, -0.15) is 13.2 Å². The van der Waals surface area contributed by atoms with Crippen LogP contribution in [0, 0.1) is 0 Å². The number of hydrogen-bond donors (Lipinski definition) is 2. The maximum Gasteiger partial charge on any atom is 0.471 e. The van der Waals surface area contributed by atoms with Gasteiger partial charge in [-0.25, -0.2) is 0 Å². The van der Waals surface area contributed by atoms with Crippen LogP contribution in [0.3, 0.4) is 0 Å². The van der Waals surface area contributed by atoms with Crippen molar-refractivity contribution in [2.45, 2.75) is 44.6 Å². The highest BCUT2D eigenvalue weighted by molar-refractivity contribution is 5.93. The summed E-state index contributed by atoms with van der Waals surface area (Å²) in [6, 6.07) is 1.29. The Morgan fingerprint density at radius 2 is 2.12 bits per heavy atom. The Bertz CT molecular complexity index is 666. The van der Waals surface area contributed by atoms with Crippen LogP contribution in [-0.4, -0.2) is 52.4 Å². The summed E-state index contributed by atoms with van der Waals surface area (Å²) in [5.41, 5.74) is 0.761. The van der Waals surface area contributed by atoms with Crippen LogP contribution in [-0.2, 0) is 20.9 Å². The standard InChI is InChI=1S/C16H19F3N4O3/c1-10(13(24)21-9-11-4-2-6-20-8-11)22-14(25)12-5-3-7-23(12)15(26)16(17,18)19/h2,4,6,8,10,12H,3,5,7,9H2,1H3,(H,21,24)(H,22,25)/t10-,12?/m0/s1. The summed E-state index contributed by atoms with van der Waals surface area (Å²) in [6.45, 7) is 1.48. The normalized spacial score (nSPS) is 18.3. The minimum atomic E-state index is -5.03. The van der Waals surface area contributed by atoms with Crippen molar-refractivity contribution >= 4 is 17.7 Å². The van der Waals surface area contributed by atoms with E-state index < -0.39 is 36.0 Å². The highest BCUT2D eigenvalue weighted by atomic mass is 19.4. The van der Waals surface area contributed by atoms with Crippen LogP contribution in [0.4, 0.5) is 13.2 Å². The summed E-state index contributed by atoms with van der Waals surface area (Å²) in [6.07, 6.45) is -1.46. The van der Waals surface area contributed by atoms with E-state index >= 15 is 0 Å². The predicted octanol–water partition coefficient (Wildman–Crippen LogP) is 0.756. The molecule has 0 saturated carbocycles. The molecule has 26 heavy (non-hydrogen) atoms. The molecular formula is C16H19F3N4O3. The molecule has 0 radical (unpaired) electrons. The van der Waals surface area contributed by atoms with Gasteiger partial charge in [-0.3, -0.25) is 19.4 Å². The van der Waals surface area contributed by atoms with Crippen LogP contribution in [0.2, 0.25) is 0 Å². The first-order valence-electron chi connectivity index (χ1n) is 8.05. The van der Waals surface area contributed by atoms with E-state index in [1.54, 1.807) is 24.5 Å². The molecule has 2 rings (SSSR count). The van der Waals surface area contributed by atoms with Gasteiger partial charge in [-0.1, -0.05) is 6.07 Å². The molecule has 0 aliphatic carbocycles. The monoisotopic (exact) mass is 372 g/mol. The van der Waals surface area contributed by atoms with Crippen molar-refractivity contribution < 1.29 is 27.6 Å². The number of rotatable bonds is 5. The molecule has 2 atom stereocenters. The number of pyridine rings is 1. The first-order valence-corrected chi connectivity index (χ1v) is 8.05. The van der Waals surface area contributed by atoms with Crippen LogP contribution in [0.25, 0.3) is 0 Å². The van der Waals surface area contributed by atoms with Gasteiger partial charge in [0.25, 0.3) is 0 Å². The summed E-state index contributed by atoms with van der Waals surface area (Å²) >= 11 is 0. The number of carbonyl (C=O) groups excluding carboxylic acids is 3. The van der Waals surface area contributed by atoms with Gasteiger partial charge in [-0.05, 0) is 31.4 Å². The summed E-state index contributed by atoms with van der Waals surface area (Å²) < 4.78 is 37.8. The van der Waals surface area contributed by atoms with Gasteiger partial charge < -0.3 is 15.5 Å². The summed E-state index contributed by atoms with van der Waals surface area (Å²) in [5, 5.41) is 4.97. The summed E-state index contributed by atoms with van der Waals surface area (Å²) in [7, 11) is 0. The summed E-state index contributed by atoms with van der Waals surface area (Å²) in [5.74, 6) is -3.30. The predicted molar refractivity (Wildman–Crippen MR) is 84.5 cm³/mol.